The van der Waals surface area contributed by atoms with Crippen LogP contribution in [0, 0.1) is 5.92 Å². The number of ether oxygens (including phenoxy) is 1. The maximum Gasteiger partial charge on any atom is 0.247 e. The van der Waals surface area contributed by atoms with Crippen LogP contribution in [0.5, 0.6) is 5.75 Å². The Labute approximate surface area is 253 Å². The highest BCUT2D eigenvalue weighted by Crippen LogP contribution is 2.30. The van der Waals surface area contributed by atoms with Gasteiger partial charge in [-0.3, -0.25) is 14.4 Å². The lowest BCUT2D eigenvalue weighted by Crippen LogP contribution is -2.56. The molecule has 0 aliphatic heterocycles. The third-order valence-electron chi connectivity index (χ3n) is 7.20. The van der Waals surface area contributed by atoms with Crippen LogP contribution >= 0.6 is 0 Å². The number of nitrogens with two attached hydrogens (primary N) is 1. The average Bonchev–Trinajstić information content (AvgIpc) is 3.00. The Hall–Kier alpha value is -4.69. The number of carbonyl (C=O) groups is 3. The summed E-state index contributed by atoms with van der Waals surface area (Å²) in [5.41, 5.74) is 8.57. The molecule has 0 spiro atoms. The summed E-state index contributed by atoms with van der Waals surface area (Å²) in [7, 11) is 1.58. The summed E-state index contributed by atoms with van der Waals surface area (Å²) in [4.78, 5) is 40.4. The predicted molar refractivity (Wildman–Crippen MR) is 171 cm³/mol. The molecule has 0 bridgehead atoms. The van der Waals surface area contributed by atoms with Crippen LogP contribution in [-0.4, -0.2) is 43.0 Å². The van der Waals surface area contributed by atoms with Crippen molar-refractivity contribution in [1.29, 1.82) is 0 Å². The molecule has 8 nitrogen and oxygen atoms in total. The Balaban J connectivity index is 1.53. The van der Waals surface area contributed by atoms with E-state index in [1.54, 1.807) is 13.2 Å². The zero-order valence-electron chi connectivity index (χ0n) is 24.9. The number of methoxy groups -OCH3 is 1. The molecule has 4 rings (SSSR count). The molecule has 0 heterocycles. The van der Waals surface area contributed by atoms with E-state index in [1.165, 1.54) is 0 Å². The van der Waals surface area contributed by atoms with E-state index >= 15 is 0 Å². The first-order valence-electron chi connectivity index (χ1n) is 14.5. The number of nitrogens with one attached hydrogen (secondary N) is 3. The van der Waals surface area contributed by atoms with Gasteiger partial charge in [0.05, 0.1) is 13.2 Å². The van der Waals surface area contributed by atoms with Crippen molar-refractivity contribution in [2.24, 2.45) is 11.7 Å². The zero-order chi connectivity index (χ0) is 30.8. The molecule has 0 saturated carbocycles. The number of rotatable bonds is 13. The number of benzene rings is 4. The summed E-state index contributed by atoms with van der Waals surface area (Å²) in [5.74, 6) is -0.514. The van der Waals surface area contributed by atoms with Crippen LogP contribution in [0.2, 0.25) is 0 Å². The lowest BCUT2D eigenvalue weighted by atomic mass is 10.00. The van der Waals surface area contributed by atoms with Gasteiger partial charge in [-0.1, -0.05) is 98.8 Å². The topological polar surface area (TPSA) is 123 Å². The van der Waals surface area contributed by atoms with Gasteiger partial charge in [-0.15, -0.1) is 0 Å². The lowest BCUT2D eigenvalue weighted by molar-refractivity contribution is -0.131. The second-order valence-corrected chi connectivity index (χ2v) is 11.1. The molecule has 0 fully saturated rings. The van der Waals surface area contributed by atoms with Crippen molar-refractivity contribution in [1.82, 2.24) is 10.6 Å². The van der Waals surface area contributed by atoms with E-state index in [0.29, 0.717) is 24.3 Å². The molecule has 3 atom stereocenters. The molecule has 0 aromatic heterocycles. The Kier molecular flexibility index (Phi) is 10.9. The molecular formula is C35H40N4O4. The van der Waals surface area contributed by atoms with E-state index in [9.17, 15) is 14.4 Å². The van der Waals surface area contributed by atoms with Crippen LogP contribution in [0.25, 0.3) is 10.8 Å². The van der Waals surface area contributed by atoms with Crippen LogP contribution < -0.4 is 26.4 Å². The molecule has 0 saturated heterocycles. The number of amides is 3. The monoisotopic (exact) mass is 580 g/mol. The third-order valence-corrected chi connectivity index (χ3v) is 7.20. The molecule has 224 valence electrons. The van der Waals surface area contributed by atoms with Gasteiger partial charge in [-0.25, -0.2) is 0 Å². The molecule has 0 aliphatic rings. The van der Waals surface area contributed by atoms with E-state index in [2.05, 4.69) is 16.0 Å². The largest absolute Gasteiger partial charge is 0.496 e. The Morgan fingerprint density at radius 3 is 1.93 bits per heavy atom. The smallest absolute Gasteiger partial charge is 0.247 e. The number of hydrogen-bond donors (Lipinski definition) is 4. The molecule has 0 radical (unpaired) electrons. The third kappa shape index (κ3) is 8.90. The highest BCUT2D eigenvalue weighted by molar-refractivity contribution is 6.01. The van der Waals surface area contributed by atoms with Crippen LogP contribution in [0.3, 0.4) is 0 Å². The van der Waals surface area contributed by atoms with Crippen molar-refractivity contribution in [3.8, 4) is 5.75 Å². The number of fused-ring (bicyclic) bond motifs is 1. The van der Waals surface area contributed by atoms with Gasteiger partial charge in [0, 0.05) is 23.6 Å². The first-order chi connectivity index (χ1) is 20.7. The van der Waals surface area contributed by atoms with Crippen LogP contribution in [0.15, 0.2) is 97.1 Å². The van der Waals surface area contributed by atoms with Crippen molar-refractivity contribution in [2.75, 3.05) is 12.4 Å². The molecule has 0 unspecified atom stereocenters. The molecule has 0 aliphatic carbocycles. The normalized spacial score (nSPS) is 13.1. The minimum atomic E-state index is -0.906. The summed E-state index contributed by atoms with van der Waals surface area (Å²) < 4.78 is 5.56. The van der Waals surface area contributed by atoms with Gasteiger partial charge < -0.3 is 26.4 Å². The fraction of sp³-hybridized carbons (Fsp3) is 0.286. The van der Waals surface area contributed by atoms with Crippen molar-refractivity contribution in [3.63, 3.8) is 0 Å². The summed E-state index contributed by atoms with van der Waals surface area (Å²) in [6.45, 7) is 3.94. The van der Waals surface area contributed by atoms with Crippen LogP contribution in [0.1, 0.15) is 31.4 Å². The van der Waals surface area contributed by atoms with Gasteiger partial charge in [0.2, 0.25) is 17.7 Å². The summed E-state index contributed by atoms with van der Waals surface area (Å²) in [6.07, 6.45) is 0.993. The Bertz CT molecular complexity index is 1530. The molecule has 3 amide bonds. The summed E-state index contributed by atoms with van der Waals surface area (Å²) in [5, 5.41) is 10.5. The highest BCUT2D eigenvalue weighted by Gasteiger charge is 2.29. The summed E-state index contributed by atoms with van der Waals surface area (Å²) >= 11 is 0. The van der Waals surface area contributed by atoms with E-state index in [-0.39, 0.29) is 18.2 Å². The maximum atomic E-state index is 13.7. The maximum absolute atomic E-state index is 13.7. The van der Waals surface area contributed by atoms with Gasteiger partial charge >= 0.3 is 0 Å². The fourth-order valence-electron chi connectivity index (χ4n) is 5.02. The zero-order valence-corrected chi connectivity index (χ0v) is 24.9. The van der Waals surface area contributed by atoms with Crippen molar-refractivity contribution >= 4 is 34.2 Å². The van der Waals surface area contributed by atoms with E-state index in [0.717, 1.165) is 21.9 Å². The first kappa shape index (κ1) is 31.3. The Morgan fingerprint density at radius 2 is 1.30 bits per heavy atom. The van der Waals surface area contributed by atoms with Crippen LogP contribution in [-0.2, 0) is 27.2 Å². The first-order valence-corrected chi connectivity index (χ1v) is 14.5. The van der Waals surface area contributed by atoms with Gasteiger partial charge in [0.1, 0.15) is 17.8 Å². The van der Waals surface area contributed by atoms with Crippen LogP contribution in [0.4, 0.5) is 5.69 Å². The Morgan fingerprint density at radius 1 is 0.721 bits per heavy atom. The van der Waals surface area contributed by atoms with Gasteiger partial charge in [-0.05, 0) is 41.3 Å². The highest BCUT2D eigenvalue weighted by atomic mass is 16.5. The number of carbonyl (C=O) groups excluding carboxylic acids is 3. The van der Waals surface area contributed by atoms with Crippen molar-refractivity contribution < 1.29 is 19.1 Å². The summed E-state index contributed by atoms with van der Waals surface area (Å²) in [6, 6.07) is 27.7. The minimum Gasteiger partial charge on any atom is -0.496 e. The minimum absolute atomic E-state index is 0.105. The van der Waals surface area contributed by atoms with Gasteiger partial charge in [0.15, 0.2) is 0 Å². The molecule has 8 heteroatoms. The molecular weight excluding hydrogens is 540 g/mol. The standard InChI is InChI=1S/C35H40N4O4/c1-23(2)18-30(38-33(40)29(36)19-24-12-6-4-7-13-24)35(42)39-31(20-25-14-8-5-9-15-25)34(41)37-27-21-26-16-10-11-17-28(26)32(22-27)43-3/h4-17,21-23,29-31H,18-20,36H2,1-3H3,(H,37,41)(H,38,40)(H,39,42)/t29-,30-,31-/m0/s1. The van der Waals surface area contributed by atoms with E-state index in [4.69, 9.17) is 10.5 Å². The van der Waals surface area contributed by atoms with Crippen molar-refractivity contribution in [3.05, 3.63) is 108 Å². The molecule has 43 heavy (non-hydrogen) atoms. The second-order valence-electron chi connectivity index (χ2n) is 11.1. The quantitative estimate of drug-likeness (QED) is 0.184. The number of anilines is 1. The molecule has 4 aromatic rings. The van der Waals surface area contributed by atoms with Gasteiger partial charge in [-0.2, -0.15) is 0 Å². The number of hydrogen-bond acceptors (Lipinski definition) is 5. The molecule has 5 N–H and O–H groups in total. The predicted octanol–water partition coefficient (Wildman–Crippen LogP) is 4.62. The average molecular weight is 581 g/mol. The van der Waals surface area contributed by atoms with E-state index in [1.807, 2.05) is 105 Å². The SMILES string of the molecule is COc1cc(NC(=O)[C@H](Cc2ccccc2)NC(=O)[C@H](CC(C)C)NC(=O)[C@@H](N)Cc2ccccc2)cc2ccccc12. The fourth-order valence-corrected chi connectivity index (χ4v) is 5.02. The lowest BCUT2D eigenvalue weighted by Gasteiger charge is -2.25. The van der Waals surface area contributed by atoms with Crippen molar-refractivity contribution in [2.45, 2.75) is 51.2 Å². The van der Waals surface area contributed by atoms with Gasteiger partial charge in [0.25, 0.3) is 0 Å². The second kappa shape index (κ2) is 15.0. The molecule has 4 aromatic carbocycles. The van der Waals surface area contributed by atoms with E-state index < -0.39 is 29.9 Å².